The minimum Gasteiger partial charge on any atom is -0.497 e. The quantitative estimate of drug-likeness (QED) is 0.375. The van der Waals surface area contributed by atoms with Crippen LogP contribution in [0.25, 0.3) is 0 Å². The van der Waals surface area contributed by atoms with Crippen molar-refractivity contribution in [3.63, 3.8) is 0 Å². The van der Waals surface area contributed by atoms with Gasteiger partial charge in [0.2, 0.25) is 0 Å². The zero-order valence-electron chi connectivity index (χ0n) is 17.1. The monoisotopic (exact) mass is 447 g/mol. The van der Waals surface area contributed by atoms with E-state index in [0.29, 0.717) is 28.8 Å². The number of rotatable bonds is 8. The number of aromatic nitrogens is 3. The maximum absolute atomic E-state index is 6.59. The first-order valence-electron chi connectivity index (χ1n) is 9.22. The Labute approximate surface area is 184 Å². The average molecular weight is 448 g/mol. The van der Waals surface area contributed by atoms with E-state index in [-0.39, 0.29) is 6.10 Å². The molecule has 2 heterocycles. The van der Waals surface area contributed by atoms with Crippen molar-refractivity contribution in [2.45, 2.75) is 23.4 Å². The Morgan fingerprint density at radius 3 is 2.63 bits per heavy atom. The molecule has 0 saturated carbocycles. The van der Waals surface area contributed by atoms with E-state index in [9.17, 15) is 0 Å². The molecule has 7 nitrogen and oxygen atoms in total. The van der Waals surface area contributed by atoms with Gasteiger partial charge in [-0.15, -0.1) is 0 Å². The number of methoxy groups -OCH3 is 3. The molecule has 1 aliphatic rings. The maximum atomic E-state index is 6.59. The van der Waals surface area contributed by atoms with Crippen molar-refractivity contribution in [3.05, 3.63) is 58.9 Å². The minimum absolute atomic E-state index is 0.338. The van der Waals surface area contributed by atoms with Crippen LogP contribution < -0.4 is 14.2 Å². The van der Waals surface area contributed by atoms with E-state index < -0.39 is 5.60 Å². The molecule has 4 rings (SSSR count). The summed E-state index contributed by atoms with van der Waals surface area (Å²) in [6.07, 6.45) is 3.16. The van der Waals surface area contributed by atoms with E-state index in [4.69, 9.17) is 30.5 Å². The van der Waals surface area contributed by atoms with Crippen LogP contribution in [0.2, 0.25) is 5.02 Å². The molecule has 0 aliphatic carbocycles. The second kappa shape index (κ2) is 8.37. The molecule has 0 spiro atoms. The Balaban J connectivity index is 1.84. The number of benzene rings is 2. The van der Waals surface area contributed by atoms with E-state index in [2.05, 4.69) is 10.1 Å². The molecule has 0 bridgehead atoms. The number of ether oxygens (including phenoxy) is 4. The second-order valence-corrected chi connectivity index (χ2v) is 7.90. The Kier molecular flexibility index (Phi) is 5.81. The van der Waals surface area contributed by atoms with E-state index in [1.807, 2.05) is 41.3 Å². The number of thioether (sulfide) groups is 1. The van der Waals surface area contributed by atoms with Gasteiger partial charge in [-0.05, 0) is 18.4 Å². The van der Waals surface area contributed by atoms with Gasteiger partial charge in [-0.2, -0.15) is 5.10 Å². The van der Waals surface area contributed by atoms with Gasteiger partial charge < -0.3 is 18.9 Å². The fraction of sp³-hybridized carbons (Fsp3) is 0.333. The van der Waals surface area contributed by atoms with Crippen LogP contribution in [0.1, 0.15) is 17.2 Å². The van der Waals surface area contributed by atoms with Gasteiger partial charge in [0.05, 0.1) is 27.9 Å². The van der Waals surface area contributed by atoms with Gasteiger partial charge in [-0.25, -0.2) is 9.67 Å². The molecule has 2 atom stereocenters. The highest BCUT2D eigenvalue weighted by Crippen LogP contribution is 2.62. The first-order chi connectivity index (χ1) is 14.6. The van der Waals surface area contributed by atoms with Gasteiger partial charge in [-0.3, -0.25) is 0 Å². The molecule has 2 unspecified atom stereocenters. The smallest absolute Gasteiger partial charge is 0.185 e. The van der Waals surface area contributed by atoms with E-state index in [1.54, 1.807) is 33.7 Å². The first-order valence-corrected chi connectivity index (χ1v) is 10.8. The summed E-state index contributed by atoms with van der Waals surface area (Å²) in [5.41, 5.74) is 0.962. The predicted octanol–water partition coefficient (Wildman–Crippen LogP) is 4.35. The molecule has 1 fully saturated rings. The third kappa shape index (κ3) is 3.49. The van der Waals surface area contributed by atoms with Gasteiger partial charge in [0.25, 0.3) is 0 Å². The molecule has 0 radical (unpaired) electrons. The summed E-state index contributed by atoms with van der Waals surface area (Å²) in [7, 11) is 4.81. The molecule has 9 heteroatoms. The largest absolute Gasteiger partial charge is 0.497 e. The number of halogens is 1. The lowest BCUT2D eigenvalue weighted by Gasteiger charge is -2.18. The topological polar surface area (TPSA) is 70.9 Å². The van der Waals surface area contributed by atoms with Gasteiger partial charge >= 0.3 is 0 Å². The standard InChI is InChI=1S/C21H22ClN3O4S/c1-26-13-9-14(18(28-3)17(10-13)27-2)19-21(29-19,15-7-5-6-8-16(15)22)11-25-20(30-4)23-12-24-25/h5-10,12,19H,11H2,1-4H3. The van der Waals surface area contributed by atoms with Crippen molar-refractivity contribution in [3.8, 4) is 17.2 Å². The summed E-state index contributed by atoms with van der Waals surface area (Å²) >= 11 is 8.12. The van der Waals surface area contributed by atoms with Gasteiger partial charge in [0, 0.05) is 22.2 Å². The lowest BCUT2D eigenvalue weighted by Crippen LogP contribution is -2.21. The minimum atomic E-state index is -0.735. The molecule has 0 amide bonds. The Morgan fingerprint density at radius 2 is 1.97 bits per heavy atom. The zero-order chi connectivity index (χ0) is 21.3. The summed E-state index contributed by atoms with van der Waals surface area (Å²) in [5.74, 6) is 1.82. The van der Waals surface area contributed by atoms with Crippen molar-refractivity contribution in [1.82, 2.24) is 14.8 Å². The third-order valence-corrected chi connectivity index (χ3v) is 6.18. The van der Waals surface area contributed by atoms with Crippen LogP contribution in [0.3, 0.4) is 0 Å². The molecular formula is C21H22ClN3O4S. The van der Waals surface area contributed by atoms with Crippen LogP contribution in [0, 0.1) is 0 Å². The summed E-state index contributed by atoms with van der Waals surface area (Å²) < 4.78 is 24.9. The fourth-order valence-electron chi connectivity index (χ4n) is 3.73. The SMILES string of the molecule is COc1cc(OC)c(OC)c(C2OC2(Cn2ncnc2SC)c2ccccc2Cl)c1. The van der Waals surface area contributed by atoms with Gasteiger partial charge in [0.1, 0.15) is 23.8 Å². The normalized spacial score (nSPS) is 20.1. The van der Waals surface area contributed by atoms with Crippen molar-refractivity contribution >= 4 is 23.4 Å². The van der Waals surface area contributed by atoms with E-state index in [1.165, 1.54) is 11.8 Å². The lowest BCUT2D eigenvalue weighted by molar-refractivity contribution is 0.255. The maximum Gasteiger partial charge on any atom is 0.185 e. The van der Waals surface area contributed by atoms with Crippen molar-refractivity contribution < 1.29 is 18.9 Å². The highest BCUT2D eigenvalue weighted by Gasteiger charge is 2.61. The van der Waals surface area contributed by atoms with E-state index in [0.717, 1.165) is 16.3 Å². The molecule has 2 aromatic carbocycles. The number of nitrogens with zero attached hydrogens (tertiary/aromatic N) is 3. The third-order valence-electron chi connectivity index (χ3n) is 5.17. The summed E-state index contributed by atoms with van der Waals surface area (Å²) in [6.45, 7) is 0.445. The van der Waals surface area contributed by atoms with Gasteiger partial charge in [-0.1, -0.05) is 41.6 Å². The number of epoxide rings is 1. The molecule has 0 N–H and O–H groups in total. The van der Waals surface area contributed by atoms with Crippen LogP contribution in [0.4, 0.5) is 0 Å². The Hall–Kier alpha value is -2.42. The van der Waals surface area contributed by atoms with Crippen LogP contribution >= 0.6 is 23.4 Å². The molecule has 1 aliphatic heterocycles. The fourth-order valence-corrected chi connectivity index (χ4v) is 4.50. The molecule has 1 saturated heterocycles. The van der Waals surface area contributed by atoms with Crippen LogP contribution in [-0.2, 0) is 16.9 Å². The number of hydrogen-bond donors (Lipinski definition) is 0. The highest BCUT2D eigenvalue weighted by atomic mass is 35.5. The second-order valence-electron chi connectivity index (χ2n) is 6.72. The molecule has 158 valence electrons. The summed E-state index contributed by atoms with van der Waals surface area (Å²) in [6, 6.07) is 11.4. The van der Waals surface area contributed by atoms with Crippen molar-refractivity contribution in [2.75, 3.05) is 27.6 Å². The average Bonchev–Trinajstić information content (AvgIpc) is 3.31. The van der Waals surface area contributed by atoms with Crippen molar-refractivity contribution in [1.29, 1.82) is 0 Å². The van der Waals surface area contributed by atoms with Crippen molar-refractivity contribution in [2.24, 2.45) is 0 Å². The number of hydrogen-bond acceptors (Lipinski definition) is 7. The van der Waals surface area contributed by atoms with Crippen LogP contribution in [-0.4, -0.2) is 42.3 Å². The summed E-state index contributed by atoms with van der Waals surface area (Å²) in [5, 5.41) is 5.81. The predicted molar refractivity (Wildman–Crippen MR) is 115 cm³/mol. The summed E-state index contributed by atoms with van der Waals surface area (Å²) in [4.78, 5) is 4.31. The Morgan fingerprint density at radius 1 is 1.17 bits per heavy atom. The van der Waals surface area contributed by atoms with Crippen LogP contribution in [0.5, 0.6) is 17.2 Å². The lowest BCUT2D eigenvalue weighted by atomic mass is 9.90. The molecule has 30 heavy (non-hydrogen) atoms. The molecule has 1 aromatic heterocycles. The van der Waals surface area contributed by atoms with E-state index >= 15 is 0 Å². The Bertz CT molecular complexity index is 1060. The molecule has 3 aromatic rings. The van der Waals surface area contributed by atoms with Gasteiger partial charge in [0.15, 0.2) is 16.7 Å². The zero-order valence-corrected chi connectivity index (χ0v) is 18.7. The highest BCUT2D eigenvalue weighted by molar-refractivity contribution is 7.98. The van der Waals surface area contributed by atoms with Crippen LogP contribution in [0.15, 0.2) is 47.9 Å². The molecular weight excluding hydrogens is 426 g/mol. The first kappa shape index (κ1) is 20.8.